The first-order valence-corrected chi connectivity index (χ1v) is 8.42. The highest BCUT2D eigenvalue weighted by molar-refractivity contribution is 5.95. The van der Waals surface area contributed by atoms with Gasteiger partial charge in [0.25, 0.3) is 5.91 Å². The molecule has 7 heteroatoms. The molecule has 1 atom stereocenters. The predicted molar refractivity (Wildman–Crippen MR) is 97.3 cm³/mol. The van der Waals surface area contributed by atoms with E-state index in [0.29, 0.717) is 12.1 Å². The van der Waals surface area contributed by atoms with Crippen molar-refractivity contribution in [2.75, 3.05) is 13.7 Å². The van der Waals surface area contributed by atoms with Gasteiger partial charge < -0.3 is 9.64 Å². The molecule has 0 radical (unpaired) electrons. The molecule has 1 amide bonds. The van der Waals surface area contributed by atoms with Gasteiger partial charge >= 0.3 is 0 Å². The number of hydrogen-bond donors (Lipinski definition) is 0. The van der Waals surface area contributed by atoms with Gasteiger partial charge in [-0.3, -0.25) is 4.79 Å². The van der Waals surface area contributed by atoms with E-state index in [4.69, 9.17) is 4.74 Å². The van der Waals surface area contributed by atoms with E-state index in [1.807, 2.05) is 55.1 Å². The second-order valence-corrected chi connectivity index (χ2v) is 5.85. The monoisotopic (exact) mass is 351 g/mol. The summed E-state index contributed by atoms with van der Waals surface area (Å²) in [7, 11) is 1.64. The third-order valence-electron chi connectivity index (χ3n) is 4.35. The van der Waals surface area contributed by atoms with Gasteiger partial charge in [0.2, 0.25) is 0 Å². The highest BCUT2D eigenvalue weighted by atomic mass is 16.5. The highest BCUT2D eigenvalue weighted by Gasteiger charge is 2.22. The average Bonchev–Trinajstić information content (AvgIpc) is 3.23. The highest BCUT2D eigenvalue weighted by Crippen LogP contribution is 2.25. The number of ether oxygens (including phenoxy) is 1. The van der Waals surface area contributed by atoms with Crippen LogP contribution in [0.4, 0.5) is 0 Å². The number of carbonyl (C=O) groups is 1. The van der Waals surface area contributed by atoms with Crippen molar-refractivity contribution in [3.8, 4) is 11.4 Å². The standard InChI is InChI=1S/C19H21N5O2/c1-4-23(14(2)15-7-6-10-18(12-15)26-3)19(25)16-8-5-9-17(11-16)24-13-20-21-22-24/h5-14H,4H2,1-3H3. The summed E-state index contributed by atoms with van der Waals surface area (Å²) in [6.45, 7) is 4.58. The van der Waals surface area contributed by atoms with Crippen molar-refractivity contribution < 1.29 is 9.53 Å². The molecule has 1 heterocycles. The zero-order valence-corrected chi connectivity index (χ0v) is 15.0. The molecule has 7 nitrogen and oxygen atoms in total. The van der Waals surface area contributed by atoms with E-state index >= 15 is 0 Å². The van der Waals surface area contributed by atoms with Crippen LogP contribution < -0.4 is 4.74 Å². The molecule has 2 aromatic carbocycles. The van der Waals surface area contributed by atoms with Crippen LogP contribution in [0.2, 0.25) is 0 Å². The van der Waals surface area contributed by atoms with Gasteiger partial charge in [-0.15, -0.1) is 5.10 Å². The number of hydrogen-bond acceptors (Lipinski definition) is 5. The molecule has 0 N–H and O–H groups in total. The number of carbonyl (C=O) groups excluding carboxylic acids is 1. The Morgan fingerprint density at radius 2 is 2.04 bits per heavy atom. The first-order chi connectivity index (χ1) is 12.6. The van der Waals surface area contributed by atoms with Crippen molar-refractivity contribution in [3.05, 3.63) is 66.0 Å². The Balaban J connectivity index is 1.88. The van der Waals surface area contributed by atoms with Crippen LogP contribution in [0.5, 0.6) is 5.75 Å². The molecule has 1 unspecified atom stereocenters. The van der Waals surface area contributed by atoms with Gasteiger partial charge in [0.15, 0.2) is 0 Å². The van der Waals surface area contributed by atoms with Crippen LogP contribution in [-0.4, -0.2) is 44.7 Å². The molecule has 0 saturated carbocycles. The van der Waals surface area contributed by atoms with Crippen LogP contribution in [0, 0.1) is 0 Å². The number of tetrazole rings is 1. The molecule has 0 aliphatic heterocycles. The van der Waals surface area contributed by atoms with Crippen molar-refractivity contribution in [1.82, 2.24) is 25.1 Å². The lowest BCUT2D eigenvalue weighted by Gasteiger charge is -2.29. The van der Waals surface area contributed by atoms with Gasteiger partial charge in [-0.1, -0.05) is 18.2 Å². The number of amides is 1. The summed E-state index contributed by atoms with van der Waals surface area (Å²) in [5.41, 5.74) is 2.36. The normalized spacial score (nSPS) is 11.8. The third-order valence-corrected chi connectivity index (χ3v) is 4.35. The molecule has 3 aromatic rings. The maximum absolute atomic E-state index is 13.1. The van der Waals surface area contributed by atoms with Crippen molar-refractivity contribution in [1.29, 1.82) is 0 Å². The van der Waals surface area contributed by atoms with E-state index in [1.165, 1.54) is 11.0 Å². The summed E-state index contributed by atoms with van der Waals surface area (Å²) in [5, 5.41) is 11.1. The van der Waals surface area contributed by atoms with Crippen LogP contribution in [0.1, 0.15) is 35.8 Å². The van der Waals surface area contributed by atoms with Gasteiger partial charge in [-0.2, -0.15) is 0 Å². The van der Waals surface area contributed by atoms with Gasteiger partial charge in [0.1, 0.15) is 12.1 Å². The Labute approximate surface area is 152 Å². The summed E-state index contributed by atoms with van der Waals surface area (Å²) in [6.07, 6.45) is 1.50. The maximum atomic E-state index is 13.1. The first-order valence-electron chi connectivity index (χ1n) is 8.42. The summed E-state index contributed by atoms with van der Waals surface area (Å²) in [4.78, 5) is 14.9. The SMILES string of the molecule is CCN(C(=O)c1cccc(-n2cnnn2)c1)C(C)c1cccc(OC)c1. The van der Waals surface area contributed by atoms with E-state index in [0.717, 1.165) is 17.0 Å². The van der Waals surface area contributed by atoms with Crippen molar-refractivity contribution in [2.45, 2.75) is 19.9 Å². The molecule has 0 spiro atoms. The van der Waals surface area contributed by atoms with Crippen LogP contribution >= 0.6 is 0 Å². The summed E-state index contributed by atoms with van der Waals surface area (Å²) in [6, 6.07) is 15.0. The fourth-order valence-electron chi connectivity index (χ4n) is 2.90. The topological polar surface area (TPSA) is 73.1 Å². The van der Waals surface area contributed by atoms with Crippen LogP contribution in [0.15, 0.2) is 54.9 Å². The summed E-state index contributed by atoms with van der Waals surface area (Å²) in [5.74, 6) is 0.733. The molecule has 0 saturated heterocycles. The molecule has 0 fully saturated rings. The van der Waals surface area contributed by atoms with Crippen LogP contribution in [-0.2, 0) is 0 Å². The Morgan fingerprint density at radius 3 is 2.73 bits per heavy atom. The van der Waals surface area contributed by atoms with E-state index in [9.17, 15) is 4.79 Å². The lowest BCUT2D eigenvalue weighted by atomic mass is 10.0. The molecule has 26 heavy (non-hydrogen) atoms. The molecule has 1 aromatic heterocycles. The predicted octanol–water partition coefficient (Wildman–Crippen LogP) is 2.89. The summed E-state index contributed by atoms with van der Waals surface area (Å²) < 4.78 is 6.82. The Kier molecular flexibility index (Phi) is 5.26. The maximum Gasteiger partial charge on any atom is 0.254 e. The largest absolute Gasteiger partial charge is 0.497 e. The quantitative estimate of drug-likeness (QED) is 0.683. The number of methoxy groups -OCH3 is 1. The minimum atomic E-state index is -0.0840. The number of aromatic nitrogens is 4. The molecule has 134 valence electrons. The Hall–Kier alpha value is -3.22. The third kappa shape index (κ3) is 3.56. The Bertz CT molecular complexity index is 879. The Morgan fingerprint density at radius 1 is 1.23 bits per heavy atom. The lowest BCUT2D eigenvalue weighted by Crippen LogP contribution is -2.33. The second-order valence-electron chi connectivity index (χ2n) is 5.85. The van der Waals surface area contributed by atoms with E-state index in [-0.39, 0.29) is 11.9 Å². The van der Waals surface area contributed by atoms with Crippen molar-refractivity contribution >= 4 is 5.91 Å². The minimum Gasteiger partial charge on any atom is -0.497 e. The first kappa shape index (κ1) is 17.6. The van der Waals surface area contributed by atoms with Crippen molar-refractivity contribution in [3.63, 3.8) is 0 Å². The number of rotatable bonds is 6. The molecule has 0 aliphatic carbocycles. The smallest absolute Gasteiger partial charge is 0.254 e. The number of benzene rings is 2. The molecular weight excluding hydrogens is 330 g/mol. The van der Waals surface area contributed by atoms with Gasteiger partial charge in [-0.05, 0) is 60.2 Å². The van der Waals surface area contributed by atoms with Gasteiger partial charge in [0, 0.05) is 12.1 Å². The van der Waals surface area contributed by atoms with E-state index < -0.39 is 0 Å². The van der Waals surface area contributed by atoms with Crippen molar-refractivity contribution in [2.24, 2.45) is 0 Å². The molecular formula is C19H21N5O2. The zero-order valence-electron chi connectivity index (χ0n) is 15.0. The zero-order chi connectivity index (χ0) is 18.5. The van der Waals surface area contributed by atoms with E-state index in [2.05, 4.69) is 15.5 Å². The van der Waals surface area contributed by atoms with Gasteiger partial charge in [-0.25, -0.2) is 4.68 Å². The van der Waals surface area contributed by atoms with Crippen LogP contribution in [0.25, 0.3) is 5.69 Å². The molecule has 0 bridgehead atoms. The van der Waals surface area contributed by atoms with Crippen LogP contribution in [0.3, 0.4) is 0 Å². The van der Waals surface area contributed by atoms with Gasteiger partial charge in [0.05, 0.1) is 18.8 Å². The lowest BCUT2D eigenvalue weighted by molar-refractivity contribution is 0.0702. The summed E-state index contributed by atoms with van der Waals surface area (Å²) >= 11 is 0. The minimum absolute atomic E-state index is 0.0438. The fourth-order valence-corrected chi connectivity index (χ4v) is 2.90. The molecule has 0 aliphatic rings. The molecule has 3 rings (SSSR count). The van der Waals surface area contributed by atoms with E-state index in [1.54, 1.807) is 19.2 Å². The number of nitrogens with zero attached hydrogens (tertiary/aromatic N) is 5. The average molecular weight is 351 g/mol. The fraction of sp³-hybridized carbons (Fsp3) is 0.263. The second kappa shape index (κ2) is 7.77.